The van der Waals surface area contributed by atoms with E-state index < -0.39 is 5.60 Å². The van der Waals surface area contributed by atoms with Crippen LogP contribution in [0.1, 0.15) is 33.6 Å². The van der Waals surface area contributed by atoms with E-state index in [4.69, 9.17) is 4.74 Å². The van der Waals surface area contributed by atoms with E-state index in [0.717, 1.165) is 36.2 Å². The molecular weight excluding hydrogens is 358 g/mol. The number of aromatic nitrogens is 1. The number of nitrogens with zero attached hydrogens (tertiary/aromatic N) is 2. The van der Waals surface area contributed by atoms with Gasteiger partial charge in [-0.2, -0.15) is 0 Å². The minimum Gasteiger partial charge on any atom is -0.444 e. The average molecular weight is 382 g/mol. The number of hydrogen-bond donors (Lipinski definition) is 1. The van der Waals surface area contributed by atoms with Crippen LogP contribution in [-0.2, 0) is 4.74 Å². The number of halogens is 1. The molecule has 1 N–H and O–H groups in total. The molecule has 0 spiro atoms. The molecule has 0 bridgehead atoms. The van der Waals surface area contributed by atoms with Crippen LogP contribution in [0, 0.1) is 11.8 Å². The highest BCUT2D eigenvalue weighted by Gasteiger charge is 2.43. The molecule has 2 fully saturated rings. The van der Waals surface area contributed by atoms with Crippen molar-refractivity contribution in [1.82, 2.24) is 9.88 Å². The van der Waals surface area contributed by atoms with Gasteiger partial charge in [-0.1, -0.05) is 0 Å². The number of hydrogen-bond acceptors (Lipinski definition) is 4. The summed E-state index contributed by atoms with van der Waals surface area (Å²) in [6.45, 7) is 7.35. The van der Waals surface area contributed by atoms with Crippen LogP contribution in [0.4, 0.5) is 10.6 Å². The van der Waals surface area contributed by atoms with Crippen LogP contribution < -0.4 is 5.32 Å². The Morgan fingerprint density at radius 2 is 1.96 bits per heavy atom. The Balaban J connectivity index is 1.51. The molecule has 1 saturated carbocycles. The first-order valence-electron chi connectivity index (χ1n) is 8.16. The predicted molar refractivity (Wildman–Crippen MR) is 93.4 cm³/mol. The second-order valence-corrected chi connectivity index (χ2v) is 8.50. The third-order valence-corrected chi connectivity index (χ3v) is 4.95. The summed E-state index contributed by atoms with van der Waals surface area (Å²) in [6, 6.07) is 4.43. The van der Waals surface area contributed by atoms with Gasteiger partial charge in [-0.25, -0.2) is 9.78 Å². The summed E-state index contributed by atoms with van der Waals surface area (Å²) in [6.07, 6.45) is 3.80. The molecule has 1 aromatic heterocycles. The van der Waals surface area contributed by atoms with Crippen molar-refractivity contribution in [3.8, 4) is 0 Å². The Labute approximate surface area is 145 Å². The average Bonchev–Trinajstić information content (AvgIpc) is 2.97. The second-order valence-electron chi connectivity index (χ2n) is 7.58. The van der Waals surface area contributed by atoms with Crippen molar-refractivity contribution in [3.63, 3.8) is 0 Å². The van der Waals surface area contributed by atoms with E-state index in [1.807, 2.05) is 44.0 Å². The minimum atomic E-state index is -0.424. The zero-order chi connectivity index (χ0) is 16.6. The van der Waals surface area contributed by atoms with Crippen LogP contribution in [0.3, 0.4) is 0 Å². The van der Waals surface area contributed by atoms with Crippen LogP contribution >= 0.6 is 15.9 Å². The van der Waals surface area contributed by atoms with Gasteiger partial charge >= 0.3 is 6.09 Å². The van der Waals surface area contributed by atoms with Crippen LogP contribution in [0.25, 0.3) is 0 Å². The number of carbonyl (C=O) groups is 1. The van der Waals surface area contributed by atoms with Crippen molar-refractivity contribution in [3.05, 3.63) is 22.8 Å². The standard InChI is InChI=1S/C17H24BrN3O2/c1-17(2,3)23-16(22)21-9-11-6-14(7-12(11)10-21)20-15-5-4-13(18)8-19-15/h4-5,8,11-12,14H,6-7,9-10H2,1-3H3,(H,19,20)/t11-,12?,14?/m1/s1. The van der Waals surface area contributed by atoms with Crippen LogP contribution in [0.15, 0.2) is 22.8 Å². The molecule has 1 amide bonds. The lowest BCUT2D eigenvalue weighted by atomic mass is 10.0. The first kappa shape index (κ1) is 16.6. The van der Waals surface area contributed by atoms with Gasteiger partial charge in [0.25, 0.3) is 0 Å². The summed E-state index contributed by atoms with van der Waals surface area (Å²) in [4.78, 5) is 18.4. The summed E-state index contributed by atoms with van der Waals surface area (Å²) in [5.74, 6) is 2.05. The number of carbonyl (C=O) groups excluding carboxylic acids is 1. The molecule has 1 aliphatic heterocycles. The van der Waals surface area contributed by atoms with Gasteiger partial charge < -0.3 is 15.0 Å². The molecule has 2 unspecified atom stereocenters. The minimum absolute atomic E-state index is 0.175. The summed E-state index contributed by atoms with van der Waals surface area (Å²) in [5.41, 5.74) is -0.424. The third-order valence-electron chi connectivity index (χ3n) is 4.48. The van der Waals surface area contributed by atoms with Crippen molar-refractivity contribution in [2.24, 2.45) is 11.8 Å². The molecule has 5 nitrogen and oxygen atoms in total. The van der Waals surface area contributed by atoms with Gasteiger partial charge in [-0.05, 0) is 73.5 Å². The Hall–Kier alpha value is -1.30. The number of pyridine rings is 1. The fraction of sp³-hybridized carbons (Fsp3) is 0.647. The van der Waals surface area contributed by atoms with E-state index in [9.17, 15) is 4.79 Å². The molecule has 3 rings (SSSR count). The quantitative estimate of drug-likeness (QED) is 0.843. The number of fused-ring (bicyclic) bond motifs is 1. The Kier molecular flexibility index (Phi) is 4.54. The highest BCUT2D eigenvalue weighted by atomic mass is 79.9. The van der Waals surface area contributed by atoms with Gasteiger partial charge in [-0.3, -0.25) is 0 Å². The highest BCUT2D eigenvalue weighted by Crippen LogP contribution is 2.39. The predicted octanol–water partition coefficient (Wildman–Crippen LogP) is 3.90. The topological polar surface area (TPSA) is 54.5 Å². The lowest BCUT2D eigenvalue weighted by Crippen LogP contribution is -2.36. The van der Waals surface area contributed by atoms with Crippen molar-refractivity contribution >= 4 is 27.8 Å². The monoisotopic (exact) mass is 381 g/mol. The molecule has 0 aromatic carbocycles. The molecule has 2 aliphatic rings. The van der Waals surface area contributed by atoms with Gasteiger partial charge in [0, 0.05) is 29.8 Å². The SMILES string of the molecule is CC(C)(C)OC(=O)N1CC2CC(Nc3ccc(Br)cn3)C[C@@H]2C1. The molecule has 126 valence electrons. The maximum Gasteiger partial charge on any atom is 0.410 e. The van der Waals surface area contributed by atoms with Crippen molar-refractivity contribution in [1.29, 1.82) is 0 Å². The van der Waals surface area contributed by atoms with Gasteiger partial charge in [0.1, 0.15) is 11.4 Å². The van der Waals surface area contributed by atoms with Crippen LogP contribution in [0.2, 0.25) is 0 Å². The first-order chi connectivity index (χ1) is 10.8. The molecule has 3 atom stereocenters. The first-order valence-corrected chi connectivity index (χ1v) is 8.95. The lowest BCUT2D eigenvalue weighted by Gasteiger charge is -2.25. The van der Waals surface area contributed by atoms with Crippen LogP contribution in [0.5, 0.6) is 0 Å². The second kappa shape index (κ2) is 6.30. The van der Waals surface area contributed by atoms with Crippen LogP contribution in [-0.4, -0.2) is 40.7 Å². The van der Waals surface area contributed by atoms with Gasteiger partial charge in [0.2, 0.25) is 0 Å². The Bertz CT molecular complexity index is 556. The normalized spacial score (nSPS) is 27.0. The van der Waals surface area contributed by atoms with Crippen molar-refractivity contribution in [2.45, 2.75) is 45.3 Å². The summed E-state index contributed by atoms with van der Waals surface area (Å²) in [7, 11) is 0. The van der Waals surface area contributed by atoms with E-state index >= 15 is 0 Å². The lowest BCUT2D eigenvalue weighted by molar-refractivity contribution is 0.0280. The van der Waals surface area contributed by atoms with E-state index in [1.54, 1.807) is 0 Å². The van der Waals surface area contributed by atoms with E-state index in [1.165, 1.54) is 0 Å². The number of nitrogens with one attached hydrogen (secondary N) is 1. The van der Waals surface area contributed by atoms with Crippen molar-refractivity contribution in [2.75, 3.05) is 18.4 Å². The molecule has 1 aliphatic carbocycles. The fourth-order valence-corrected chi connectivity index (χ4v) is 3.80. The maximum atomic E-state index is 12.2. The molecule has 0 radical (unpaired) electrons. The number of rotatable bonds is 2. The zero-order valence-electron chi connectivity index (χ0n) is 13.9. The van der Waals surface area contributed by atoms with Gasteiger partial charge in [-0.15, -0.1) is 0 Å². The molecule has 6 heteroatoms. The largest absolute Gasteiger partial charge is 0.444 e. The molecule has 1 saturated heterocycles. The molecule has 23 heavy (non-hydrogen) atoms. The summed E-state index contributed by atoms with van der Waals surface area (Å²) < 4.78 is 6.46. The van der Waals surface area contributed by atoms with Crippen molar-refractivity contribution < 1.29 is 9.53 Å². The Morgan fingerprint density at radius 1 is 1.30 bits per heavy atom. The maximum absolute atomic E-state index is 12.2. The zero-order valence-corrected chi connectivity index (χ0v) is 15.5. The Morgan fingerprint density at radius 3 is 2.48 bits per heavy atom. The summed E-state index contributed by atoms with van der Waals surface area (Å²) >= 11 is 3.40. The van der Waals surface area contributed by atoms with Gasteiger partial charge in [0.15, 0.2) is 0 Å². The van der Waals surface area contributed by atoms with E-state index in [0.29, 0.717) is 17.9 Å². The summed E-state index contributed by atoms with van der Waals surface area (Å²) in [5, 5.41) is 3.51. The third kappa shape index (κ3) is 4.16. The number of likely N-dealkylation sites (tertiary alicyclic amines) is 1. The number of amides is 1. The fourth-order valence-electron chi connectivity index (χ4n) is 3.56. The van der Waals surface area contributed by atoms with E-state index in [-0.39, 0.29) is 6.09 Å². The molecular formula is C17H24BrN3O2. The number of anilines is 1. The molecule has 1 aromatic rings. The van der Waals surface area contributed by atoms with E-state index in [2.05, 4.69) is 26.2 Å². The number of ether oxygens (including phenoxy) is 1. The highest BCUT2D eigenvalue weighted by molar-refractivity contribution is 9.10. The van der Waals surface area contributed by atoms with Gasteiger partial charge in [0.05, 0.1) is 0 Å². The molecule has 2 heterocycles. The smallest absolute Gasteiger partial charge is 0.410 e.